The van der Waals surface area contributed by atoms with E-state index in [1.807, 2.05) is 34.5 Å². The molecule has 0 unspecified atom stereocenters. The maximum absolute atomic E-state index is 12.8. The van der Waals surface area contributed by atoms with Crippen LogP contribution < -0.4 is 19.9 Å². The van der Waals surface area contributed by atoms with Crippen molar-refractivity contribution >= 4 is 22.2 Å². The highest BCUT2D eigenvalue weighted by Crippen LogP contribution is 2.31. The standard InChI is InChI=1S/C20H20N4O4S/c25-18-11-14(21-20-24(18)9-10-29-20)12-22-5-7-23(8-6-22)19(26)17-13-27-15-3-1-2-4-16(15)28-17/h1-4,9-11,17H,5-8,12-13H2/p+1/t17-/m0/s1. The molecule has 2 aliphatic heterocycles. The van der Waals surface area contributed by atoms with Gasteiger partial charge in [0.15, 0.2) is 16.5 Å². The smallest absolute Gasteiger partial charge is 0.267 e. The normalized spacial score (nSPS) is 19.4. The highest BCUT2D eigenvalue weighted by atomic mass is 32.1. The quantitative estimate of drug-likeness (QED) is 0.645. The van der Waals surface area contributed by atoms with Gasteiger partial charge in [-0.3, -0.25) is 14.0 Å². The summed E-state index contributed by atoms with van der Waals surface area (Å²) in [6.45, 7) is 3.83. The molecule has 5 rings (SSSR count). The van der Waals surface area contributed by atoms with Crippen molar-refractivity contribution in [2.75, 3.05) is 32.8 Å². The molecule has 4 heterocycles. The Bertz CT molecular complexity index is 1100. The summed E-state index contributed by atoms with van der Waals surface area (Å²) in [7, 11) is 0. The molecule has 1 atom stereocenters. The predicted octanol–water partition coefficient (Wildman–Crippen LogP) is -0.177. The Hall–Kier alpha value is -2.91. The van der Waals surface area contributed by atoms with E-state index in [2.05, 4.69) is 4.98 Å². The van der Waals surface area contributed by atoms with Gasteiger partial charge in [-0.15, -0.1) is 11.3 Å². The van der Waals surface area contributed by atoms with Gasteiger partial charge in [0.25, 0.3) is 11.5 Å². The van der Waals surface area contributed by atoms with Crippen LogP contribution in [0.3, 0.4) is 0 Å². The molecule has 1 N–H and O–H groups in total. The van der Waals surface area contributed by atoms with Gasteiger partial charge in [0.2, 0.25) is 6.10 Å². The molecule has 1 aromatic carbocycles. The highest BCUT2D eigenvalue weighted by molar-refractivity contribution is 7.15. The molecule has 2 aromatic heterocycles. The third kappa shape index (κ3) is 3.58. The monoisotopic (exact) mass is 413 g/mol. The summed E-state index contributed by atoms with van der Waals surface area (Å²) >= 11 is 1.46. The van der Waals surface area contributed by atoms with Gasteiger partial charge in [-0.25, -0.2) is 4.98 Å². The second-order valence-corrected chi connectivity index (χ2v) is 8.13. The van der Waals surface area contributed by atoms with E-state index in [1.54, 1.807) is 16.7 Å². The number of hydrogen-bond donors (Lipinski definition) is 1. The fraction of sp³-hybridized carbons (Fsp3) is 0.350. The zero-order chi connectivity index (χ0) is 19.8. The molecule has 1 fully saturated rings. The van der Waals surface area contributed by atoms with Crippen LogP contribution >= 0.6 is 11.3 Å². The van der Waals surface area contributed by atoms with Gasteiger partial charge in [-0.05, 0) is 12.1 Å². The molecule has 0 saturated carbocycles. The SMILES string of the molecule is O=C([C@@H]1COc2ccccc2O1)N1CC[NH+](Cc2cc(=O)n3ccsc3n2)CC1. The van der Waals surface area contributed by atoms with Crippen LogP contribution in [0.2, 0.25) is 0 Å². The number of quaternary nitrogens is 1. The molecule has 1 saturated heterocycles. The molecule has 150 valence electrons. The molecule has 8 nitrogen and oxygen atoms in total. The van der Waals surface area contributed by atoms with Crippen molar-refractivity contribution in [3.8, 4) is 11.5 Å². The van der Waals surface area contributed by atoms with E-state index >= 15 is 0 Å². The molecule has 0 spiro atoms. The summed E-state index contributed by atoms with van der Waals surface area (Å²) in [6, 6.07) is 9.01. The number of piperazine rings is 1. The zero-order valence-corrected chi connectivity index (χ0v) is 16.6. The topological polar surface area (TPSA) is 77.6 Å². The Balaban J connectivity index is 1.19. The van der Waals surface area contributed by atoms with Crippen LogP contribution in [0.15, 0.2) is 46.7 Å². The average molecular weight is 413 g/mol. The lowest BCUT2D eigenvalue weighted by atomic mass is 10.2. The molecule has 2 aliphatic rings. The van der Waals surface area contributed by atoms with Crippen LogP contribution in [0, 0.1) is 0 Å². The van der Waals surface area contributed by atoms with E-state index in [-0.39, 0.29) is 18.1 Å². The van der Waals surface area contributed by atoms with Crippen molar-refractivity contribution in [2.45, 2.75) is 12.6 Å². The Kier molecular flexibility index (Phi) is 4.69. The van der Waals surface area contributed by atoms with Crippen LogP contribution in [0.1, 0.15) is 5.69 Å². The van der Waals surface area contributed by atoms with Crippen LogP contribution in [0.25, 0.3) is 4.96 Å². The molecule has 1 amide bonds. The lowest BCUT2D eigenvalue weighted by molar-refractivity contribution is -0.917. The summed E-state index contributed by atoms with van der Waals surface area (Å²) < 4.78 is 13.1. The number of aromatic nitrogens is 2. The third-order valence-corrected chi connectivity index (χ3v) is 6.11. The average Bonchev–Trinajstić information content (AvgIpc) is 3.23. The van der Waals surface area contributed by atoms with E-state index in [0.717, 1.165) is 23.7 Å². The number of nitrogens with one attached hydrogen (secondary N) is 1. The molecular formula is C20H21N4O4S+. The number of carbonyl (C=O) groups is 1. The minimum absolute atomic E-state index is 0.0325. The summed E-state index contributed by atoms with van der Waals surface area (Å²) in [5.74, 6) is 1.26. The maximum atomic E-state index is 12.8. The number of hydrogen-bond acceptors (Lipinski definition) is 6. The number of amides is 1. The van der Waals surface area contributed by atoms with Crippen molar-refractivity contribution in [1.82, 2.24) is 14.3 Å². The van der Waals surface area contributed by atoms with Gasteiger partial charge in [0, 0.05) is 17.6 Å². The van der Waals surface area contributed by atoms with Gasteiger partial charge in [0.1, 0.15) is 18.8 Å². The second kappa shape index (κ2) is 7.49. The fourth-order valence-corrected chi connectivity index (χ4v) is 4.54. The Morgan fingerprint density at radius 2 is 2.03 bits per heavy atom. The van der Waals surface area contributed by atoms with Crippen molar-refractivity contribution in [3.05, 3.63) is 58.0 Å². The first-order valence-corrected chi connectivity index (χ1v) is 10.5. The number of thiazole rings is 1. The highest BCUT2D eigenvalue weighted by Gasteiger charge is 2.33. The summed E-state index contributed by atoms with van der Waals surface area (Å²) in [4.78, 5) is 33.5. The summed E-state index contributed by atoms with van der Waals surface area (Å²) in [5, 5.41) is 1.86. The largest absolute Gasteiger partial charge is 0.485 e. The Morgan fingerprint density at radius 3 is 2.86 bits per heavy atom. The van der Waals surface area contributed by atoms with Gasteiger partial charge >= 0.3 is 0 Å². The number of para-hydroxylation sites is 2. The lowest BCUT2D eigenvalue weighted by Crippen LogP contribution is -3.13. The molecule has 29 heavy (non-hydrogen) atoms. The van der Waals surface area contributed by atoms with Crippen molar-refractivity contribution in [1.29, 1.82) is 0 Å². The van der Waals surface area contributed by atoms with Gasteiger partial charge in [-0.1, -0.05) is 12.1 Å². The van der Waals surface area contributed by atoms with Crippen molar-refractivity contribution in [3.63, 3.8) is 0 Å². The van der Waals surface area contributed by atoms with Crippen molar-refractivity contribution in [2.24, 2.45) is 0 Å². The molecule has 0 aliphatic carbocycles. The van der Waals surface area contributed by atoms with Gasteiger partial charge in [0.05, 0.1) is 26.2 Å². The predicted molar refractivity (Wildman–Crippen MR) is 107 cm³/mol. The number of ether oxygens (including phenoxy) is 2. The summed E-state index contributed by atoms with van der Waals surface area (Å²) in [6.07, 6.45) is 1.14. The van der Waals surface area contributed by atoms with Crippen LogP contribution in [0.5, 0.6) is 11.5 Å². The summed E-state index contributed by atoms with van der Waals surface area (Å²) in [5.41, 5.74) is 0.752. The Morgan fingerprint density at radius 1 is 1.24 bits per heavy atom. The van der Waals surface area contributed by atoms with E-state index in [4.69, 9.17) is 9.47 Å². The third-order valence-electron chi connectivity index (χ3n) is 5.35. The molecule has 9 heteroatoms. The number of rotatable bonds is 3. The maximum Gasteiger partial charge on any atom is 0.267 e. The van der Waals surface area contributed by atoms with E-state index < -0.39 is 6.10 Å². The first kappa shape index (κ1) is 18.1. The van der Waals surface area contributed by atoms with E-state index in [0.29, 0.717) is 31.1 Å². The number of nitrogens with zero attached hydrogens (tertiary/aromatic N) is 3. The minimum Gasteiger partial charge on any atom is -0.485 e. The second-order valence-electron chi connectivity index (χ2n) is 7.26. The van der Waals surface area contributed by atoms with Crippen LogP contribution in [-0.4, -0.2) is 59.1 Å². The number of benzene rings is 1. The fourth-order valence-electron chi connectivity index (χ4n) is 3.80. The number of fused-ring (bicyclic) bond motifs is 2. The lowest BCUT2D eigenvalue weighted by Gasteiger charge is -2.35. The van der Waals surface area contributed by atoms with Crippen LogP contribution in [0.4, 0.5) is 0 Å². The molecule has 3 aromatic rings. The minimum atomic E-state index is -0.602. The molecular weight excluding hydrogens is 392 g/mol. The van der Waals surface area contributed by atoms with Crippen molar-refractivity contribution < 1.29 is 19.2 Å². The molecule has 0 bridgehead atoms. The van der Waals surface area contributed by atoms with E-state index in [9.17, 15) is 9.59 Å². The Labute approximate surface area is 170 Å². The first-order chi connectivity index (χ1) is 14.2. The van der Waals surface area contributed by atoms with Gasteiger partial charge in [-0.2, -0.15) is 0 Å². The number of carbonyl (C=O) groups excluding carboxylic acids is 1. The van der Waals surface area contributed by atoms with Crippen LogP contribution in [-0.2, 0) is 11.3 Å². The van der Waals surface area contributed by atoms with E-state index in [1.165, 1.54) is 16.2 Å². The molecule has 0 radical (unpaired) electrons. The zero-order valence-electron chi connectivity index (χ0n) is 15.7. The first-order valence-electron chi connectivity index (χ1n) is 9.64. The van der Waals surface area contributed by atoms with Gasteiger partial charge < -0.3 is 19.3 Å².